The molecular formula is C25H29N5O4. The monoisotopic (exact) mass is 463 g/mol. The number of aromatic nitrogens is 3. The Bertz CT molecular complexity index is 1340. The molecule has 0 radical (unpaired) electrons. The highest BCUT2D eigenvalue weighted by Crippen LogP contribution is 2.14. The van der Waals surface area contributed by atoms with E-state index in [4.69, 9.17) is 4.74 Å². The SMILES string of the molecule is COc1cccc(Cn2c(=O)c(C(=O)N3CCN(C)CC3)nn(-c3ccc(C)c(C)c3)c2=O)c1. The smallest absolute Gasteiger partial charge is 0.352 e. The summed E-state index contributed by atoms with van der Waals surface area (Å²) in [5, 5.41) is 4.28. The van der Waals surface area contributed by atoms with Crippen LogP contribution in [0.15, 0.2) is 52.1 Å². The quantitative estimate of drug-likeness (QED) is 0.569. The van der Waals surface area contributed by atoms with Crippen LogP contribution in [0.5, 0.6) is 5.75 Å². The van der Waals surface area contributed by atoms with Gasteiger partial charge in [-0.2, -0.15) is 9.78 Å². The normalized spacial score (nSPS) is 14.3. The number of hydrogen-bond donors (Lipinski definition) is 0. The number of methoxy groups -OCH3 is 1. The molecule has 0 unspecified atom stereocenters. The highest BCUT2D eigenvalue weighted by Gasteiger charge is 2.27. The molecule has 1 saturated heterocycles. The van der Waals surface area contributed by atoms with Crippen LogP contribution in [0.2, 0.25) is 0 Å². The van der Waals surface area contributed by atoms with Crippen molar-refractivity contribution < 1.29 is 9.53 Å². The van der Waals surface area contributed by atoms with Crippen molar-refractivity contribution in [3.63, 3.8) is 0 Å². The number of carbonyl (C=O) groups excluding carboxylic acids is 1. The zero-order valence-electron chi connectivity index (χ0n) is 19.9. The summed E-state index contributed by atoms with van der Waals surface area (Å²) in [5.74, 6) is 0.151. The molecule has 0 saturated carbocycles. The van der Waals surface area contributed by atoms with Crippen molar-refractivity contribution in [3.05, 3.63) is 85.7 Å². The number of rotatable bonds is 5. The largest absolute Gasteiger partial charge is 0.497 e. The van der Waals surface area contributed by atoms with Gasteiger partial charge in [-0.25, -0.2) is 4.79 Å². The van der Waals surface area contributed by atoms with Crippen LogP contribution in [0, 0.1) is 13.8 Å². The van der Waals surface area contributed by atoms with Crippen molar-refractivity contribution in [3.8, 4) is 11.4 Å². The maximum atomic E-state index is 13.4. The molecule has 4 rings (SSSR count). The first-order chi connectivity index (χ1) is 16.3. The molecule has 178 valence electrons. The summed E-state index contributed by atoms with van der Waals surface area (Å²) >= 11 is 0. The van der Waals surface area contributed by atoms with Crippen LogP contribution in [-0.2, 0) is 6.54 Å². The zero-order valence-corrected chi connectivity index (χ0v) is 19.9. The molecule has 0 bridgehead atoms. The van der Waals surface area contributed by atoms with Gasteiger partial charge >= 0.3 is 5.69 Å². The summed E-state index contributed by atoms with van der Waals surface area (Å²) in [7, 11) is 3.54. The van der Waals surface area contributed by atoms with Gasteiger partial charge in [0.1, 0.15) is 5.75 Å². The van der Waals surface area contributed by atoms with Crippen molar-refractivity contribution in [1.29, 1.82) is 0 Å². The van der Waals surface area contributed by atoms with Crippen molar-refractivity contribution in [1.82, 2.24) is 24.1 Å². The molecule has 1 fully saturated rings. The first kappa shape index (κ1) is 23.4. The number of nitrogens with zero attached hydrogens (tertiary/aromatic N) is 5. The Labute approximate surface area is 197 Å². The summed E-state index contributed by atoms with van der Waals surface area (Å²) in [6.07, 6.45) is 0. The third kappa shape index (κ3) is 4.65. The van der Waals surface area contributed by atoms with Crippen LogP contribution in [0.4, 0.5) is 0 Å². The van der Waals surface area contributed by atoms with Gasteiger partial charge in [-0.1, -0.05) is 18.2 Å². The van der Waals surface area contributed by atoms with Crippen LogP contribution < -0.4 is 16.0 Å². The van der Waals surface area contributed by atoms with Gasteiger partial charge in [0.2, 0.25) is 5.69 Å². The second-order valence-electron chi connectivity index (χ2n) is 8.65. The Hall–Kier alpha value is -3.72. The second-order valence-corrected chi connectivity index (χ2v) is 8.65. The minimum atomic E-state index is -0.697. The number of carbonyl (C=O) groups is 1. The predicted octanol–water partition coefficient (Wildman–Crippen LogP) is 1.46. The van der Waals surface area contributed by atoms with Crippen LogP contribution in [0.25, 0.3) is 5.69 Å². The van der Waals surface area contributed by atoms with Gasteiger partial charge in [0.25, 0.3) is 11.5 Å². The van der Waals surface area contributed by atoms with Crippen molar-refractivity contribution in [2.24, 2.45) is 0 Å². The fourth-order valence-electron chi connectivity index (χ4n) is 3.93. The molecule has 0 aliphatic carbocycles. The zero-order chi connectivity index (χ0) is 24.4. The molecule has 3 aromatic rings. The fourth-order valence-corrected chi connectivity index (χ4v) is 3.93. The summed E-state index contributed by atoms with van der Waals surface area (Å²) in [6, 6.07) is 12.6. The maximum absolute atomic E-state index is 13.4. The lowest BCUT2D eigenvalue weighted by Crippen LogP contribution is -2.51. The third-order valence-corrected chi connectivity index (χ3v) is 6.26. The fraction of sp³-hybridized carbons (Fsp3) is 0.360. The van der Waals surface area contributed by atoms with Crippen LogP contribution >= 0.6 is 0 Å². The molecule has 1 aliphatic heterocycles. The van der Waals surface area contributed by atoms with E-state index < -0.39 is 17.2 Å². The molecule has 1 aromatic heterocycles. The van der Waals surface area contributed by atoms with Crippen LogP contribution in [0.3, 0.4) is 0 Å². The van der Waals surface area contributed by atoms with E-state index in [1.165, 1.54) is 0 Å². The number of likely N-dealkylation sites (N-methyl/N-ethyl adjacent to an activating group) is 1. The molecule has 0 spiro atoms. The van der Waals surface area contributed by atoms with Crippen LogP contribution in [0.1, 0.15) is 27.2 Å². The number of benzene rings is 2. The highest BCUT2D eigenvalue weighted by atomic mass is 16.5. The lowest BCUT2D eigenvalue weighted by molar-refractivity contribution is 0.0652. The van der Waals surface area contributed by atoms with E-state index >= 15 is 0 Å². The van der Waals surface area contributed by atoms with E-state index in [1.807, 2.05) is 33.0 Å². The van der Waals surface area contributed by atoms with Gasteiger partial charge in [0.05, 0.1) is 19.3 Å². The standard InChI is InChI=1S/C25H29N5O4/c1-17-8-9-20(14-18(17)2)30-25(33)29(16-19-6-5-7-21(15-19)34-4)24(32)22(26-30)23(31)28-12-10-27(3)11-13-28/h5-9,14-15H,10-13,16H2,1-4H3. The summed E-state index contributed by atoms with van der Waals surface area (Å²) in [4.78, 5) is 43.9. The first-order valence-corrected chi connectivity index (χ1v) is 11.2. The predicted molar refractivity (Wildman–Crippen MR) is 129 cm³/mol. The Kier molecular flexibility index (Phi) is 6.65. The molecule has 2 aromatic carbocycles. The van der Waals surface area contributed by atoms with Crippen LogP contribution in [-0.4, -0.2) is 70.4 Å². The number of ether oxygens (including phenoxy) is 1. The van der Waals surface area contributed by atoms with E-state index in [0.29, 0.717) is 43.2 Å². The Morgan fingerprint density at radius 1 is 1.00 bits per heavy atom. The molecule has 1 aliphatic rings. The number of hydrogen-bond acceptors (Lipinski definition) is 6. The number of piperazine rings is 1. The summed E-state index contributed by atoms with van der Waals surface area (Å²) in [6.45, 7) is 6.31. The van der Waals surface area contributed by atoms with E-state index in [0.717, 1.165) is 20.4 Å². The molecule has 34 heavy (non-hydrogen) atoms. The average molecular weight is 464 g/mol. The lowest BCUT2D eigenvalue weighted by Gasteiger charge is -2.32. The van der Waals surface area contributed by atoms with Crippen molar-refractivity contribution >= 4 is 5.91 Å². The van der Waals surface area contributed by atoms with Gasteiger partial charge in [0.15, 0.2) is 0 Å². The maximum Gasteiger partial charge on any atom is 0.352 e. The molecule has 2 heterocycles. The van der Waals surface area contributed by atoms with E-state index in [1.54, 1.807) is 42.3 Å². The van der Waals surface area contributed by atoms with E-state index in [2.05, 4.69) is 10.00 Å². The molecule has 1 amide bonds. The van der Waals surface area contributed by atoms with Gasteiger partial charge in [-0.05, 0) is 61.9 Å². The van der Waals surface area contributed by atoms with Gasteiger partial charge in [-0.15, -0.1) is 0 Å². The van der Waals surface area contributed by atoms with E-state index in [-0.39, 0.29) is 12.2 Å². The molecule has 0 atom stereocenters. The molecule has 0 N–H and O–H groups in total. The average Bonchev–Trinajstić information content (AvgIpc) is 2.84. The minimum absolute atomic E-state index is 0.00868. The lowest BCUT2D eigenvalue weighted by atomic mass is 10.1. The van der Waals surface area contributed by atoms with Crippen molar-refractivity contribution in [2.45, 2.75) is 20.4 Å². The van der Waals surface area contributed by atoms with E-state index in [9.17, 15) is 14.4 Å². The minimum Gasteiger partial charge on any atom is -0.497 e. The third-order valence-electron chi connectivity index (χ3n) is 6.26. The van der Waals surface area contributed by atoms with Crippen molar-refractivity contribution in [2.75, 3.05) is 40.3 Å². The van der Waals surface area contributed by atoms with Gasteiger partial charge in [0, 0.05) is 26.2 Å². The van der Waals surface area contributed by atoms with Gasteiger partial charge < -0.3 is 14.5 Å². The number of amides is 1. The number of aryl methyl sites for hydroxylation is 2. The van der Waals surface area contributed by atoms with Gasteiger partial charge in [-0.3, -0.25) is 14.2 Å². The Balaban J connectivity index is 1.86. The Morgan fingerprint density at radius 3 is 2.41 bits per heavy atom. The first-order valence-electron chi connectivity index (χ1n) is 11.2. The topological polar surface area (TPSA) is 89.7 Å². The highest BCUT2D eigenvalue weighted by molar-refractivity contribution is 5.92. The summed E-state index contributed by atoms with van der Waals surface area (Å²) in [5.41, 5.74) is 1.68. The Morgan fingerprint density at radius 2 is 1.74 bits per heavy atom. The molecule has 9 heteroatoms. The second kappa shape index (κ2) is 9.64. The molecular weight excluding hydrogens is 434 g/mol. The summed E-state index contributed by atoms with van der Waals surface area (Å²) < 4.78 is 7.49. The molecule has 9 nitrogen and oxygen atoms in total.